The molecule has 0 saturated heterocycles. The predicted molar refractivity (Wildman–Crippen MR) is 91.8 cm³/mol. The lowest BCUT2D eigenvalue weighted by Crippen LogP contribution is -2.19. The third-order valence-corrected chi connectivity index (χ3v) is 4.24. The van der Waals surface area contributed by atoms with Crippen LogP contribution in [0.25, 0.3) is 0 Å². The van der Waals surface area contributed by atoms with E-state index < -0.39 is 11.9 Å². The van der Waals surface area contributed by atoms with Crippen molar-refractivity contribution in [3.63, 3.8) is 0 Å². The number of carboxylic acids is 1. The molecule has 0 atom stereocenters. The molecule has 1 N–H and O–H groups in total. The summed E-state index contributed by atoms with van der Waals surface area (Å²) in [4.78, 5) is 29.0. The number of aromatic nitrogens is 1. The lowest BCUT2D eigenvalue weighted by Gasteiger charge is -2.20. The van der Waals surface area contributed by atoms with E-state index in [1.807, 2.05) is 26.8 Å². The number of pyridine rings is 1. The highest BCUT2D eigenvalue weighted by atomic mass is 32.2. The Morgan fingerprint density at radius 3 is 2.46 bits per heavy atom. The number of esters is 1. The maximum Gasteiger partial charge on any atom is 0.337 e. The predicted octanol–water partition coefficient (Wildman–Crippen LogP) is 4.02. The van der Waals surface area contributed by atoms with Crippen molar-refractivity contribution >= 4 is 23.7 Å². The number of aromatic carboxylic acids is 1. The Bertz CT molecular complexity index is 781. The van der Waals surface area contributed by atoms with Gasteiger partial charge >= 0.3 is 11.9 Å². The summed E-state index contributed by atoms with van der Waals surface area (Å²) >= 11 is 1.35. The number of rotatable bonds is 4. The quantitative estimate of drug-likeness (QED) is 0.844. The molecule has 0 saturated carbocycles. The molecule has 2 rings (SSSR count). The maximum atomic E-state index is 11.6. The van der Waals surface area contributed by atoms with Crippen LogP contribution in [0.5, 0.6) is 0 Å². The molecule has 0 amide bonds. The van der Waals surface area contributed by atoms with Gasteiger partial charge in [-0.05, 0) is 24.3 Å². The highest BCUT2D eigenvalue weighted by molar-refractivity contribution is 7.99. The molecule has 1 heterocycles. The van der Waals surface area contributed by atoms with Gasteiger partial charge in [-0.25, -0.2) is 9.59 Å². The van der Waals surface area contributed by atoms with Crippen LogP contribution in [-0.2, 0) is 10.2 Å². The molecule has 126 valence electrons. The van der Waals surface area contributed by atoms with Crippen LogP contribution in [-0.4, -0.2) is 29.1 Å². The van der Waals surface area contributed by atoms with Gasteiger partial charge in [-0.1, -0.05) is 38.6 Å². The van der Waals surface area contributed by atoms with Gasteiger partial charge in [-0.15, -0.1) is 0 Å². The van der Waals surface area contributed by atoms with Crippen molar-refractivity contribution in [2.75, 3.05) is 7.11 Å². The number of hydrogen-bond donors (Lipinski definition) is 1. The second-order valence-electron chi connectivity index (χ2n) is 6.24. The Labute approximate surface area is 145 Å². The van der Waals surface area contributed by atoms with E-state index in [0.29, 0.717) is 16.2 Å². The summed E-state index contributed by atoms with van der Waals surface area (Å²) in [5.74, 6) is -1.41. The van der Waals surface area contributed by atoms with Crippen LogP contribution in [0.15, 0.2) is 46.3 Å². The minimum Gasteiger partial charge on any atom is -0.478 e. The number of carbonyl (C=O) groups is 2. The van der Waals surface area contributed by atoms with Crippen molar-refractivity contribution in [2.24, 2.45) is 0 Å². The Hall–Kier alpha value is -2.34. The molecule has 0 aliphatic rings. The SMILES string of the molecule is COC(=O)c1cccc(Sc2cnc(C(C)(C)C)c(C(=O)O)c2)c1. The van der Waals surface area contributed by atoms with Gasteiger partial charge in [-0.2, -0.15) is 0 Å². The molecule has 0 bridgehead atoms. The zero-order chi connectivity index (χ0) is 17.9. The van der Waals surface area contributed by atoms with Crippen LogP contribution >= 0.6 is 11.8 Å². The molecule has 24 heavy (non-hydrogen) atoms. The average molecular weight is 345 g/mol. The van der Waals surface area contributed by atoms with Crippen LogP contribution < -0.4 is 0 Å². The van der Waals surface area contributed by atoms with Crippen LogP contribution in [0, 0.1) is 0 Å². The number of methoxy groups -OCH3 is 1. The molecule has 2 aromatic rings. The lowest BCUT2D eigenvalue weighted by atomic mass is 9.88. The normalized spacial score (nSPS) is 11.2. The molecular formula is C18H19NO4S. The maximum absolute atomic E-state index is 11.6. The summed E-state index contributed by atoms with van der Waals surface area (Å²) in [5, 5.41) is 9.46. The summed E-state index contributed by atoms with van der Waals surface area (Å²) in [6, 6.07) is 8.58. The summed E-state index contributed by atoms with van der Waals surface area (Å²) in [6.07, 6.45) is 1.66. The lowest BCUT2D eigenvalue weighted by molar-refractivity contribution is 0.0599. The van der Waals surface area contributed by atoms with E-state index in [9.17, 15) is 14.7 Å². The van der Waals surface area contributed by atoms with E-state index >= 15 is 0 Å². The summed E-state index contributed by atoms with van der Waals surface area (Å²) in [7, 11) is 1.33. The van der Waals surface area contributed by atoms with Gasteiger partial charge in [0.25, 0.3) is 0 Å². The second kappa shape index (κ2) is 7.05. The minimum absolute atomic E-state index is 0.191. The molecule has 0 unspecified atom stereocenters. The van der Waals surface area contributed by atoms with Gasteiger partial charge in [0.15, 0.2) is 0 Å². The Balaban J connectivity index is 2.36. The Morgan fingerprint density at radius 1 is 1.17 bits per heavy atom. The smallest absolute Gasteiger partial charge is 0.337 e. The third-order valence-electron chi connectivity index (χ3n) is 3.29. The zero-order valence-corrected chi connectivity index (χ0v) is 14.8. The van der Waals surface area contributed by atoms with Crippen LogP contribution in [0.2, 0.25) is 0 Å². The number of nitrogens with zero attached hydrogens (tertiary/aromatic N) is 1. The van der Waals surface area contributed by atoms with Gasteiger partial charge in [-0.3, -0.25) is 4.98 Å². The van der Waals surface area contributed by atoms with Crippen molar-refractivity contribution in [2.45, 2.75) is 36.0 Å². The second-order valence-corrected chi connectivity index (χ2v) is 7.39. The van der Waals surface area contributed by atoms with E-state index in [-0.39, 0.29) is 11.0 Å². The van der Waals surface area contributed by atoms with Gasteiger partial charge in [0, 0.05) is 21.4 Å². The molecule has 0 radical (unpaired) electrons. The minimum atomic E-state index is -1.00. The first-order valence-electron chi connectivity index (χ1n) is 7.32. The monoisotopic (exact) mass is 345 g/mol. The Kier molecular flexibility index (Phi) is 5.29. The molecule has 1 aromatic heterocycles. The molecule has 0 aliphatic carbocycles. The number of carbonyl (C=O) groups excluding carboxylic acids is 1. The van der Waals surface area contributed by atoms with E-state index in [2.05, 4.69) is 4.98 Å². The van der Waals surface area contributed by atoms with Gasteiger partial charge < -0.3 is 9.84 Å². The van der Waals surface area contributed by atoms with Crippen molar-refractivity contribution < 1.29 is 19.4 Å². The molecule has 6 heteroatoms. The highest BCUT2D eigenvalue weighted by Gasteiger charge is 2.23. The molecule has 1 aromatic carbocycles. The fourth-order valence-corrected chi connectivity index (χ4v) is 3.09. The van der Waals surface area contributed by atoms with Crippen LogP contribution in [0.4, 0.5) is 0 Å². The molecule has 0 aliphatic heterocycles. The van der Waals surface area contributed by atoms with Crippen molar-refractivity contribution in [1.29, 1.82) is 0 Å². The standard InChI is InChI=1S/C18H19NO4S/c1-18(2,3)15-14(16(20)21)9-13(10-19-15)24-12-7-5-6-11(8-12)17(22)23-4/h5-10H,1-4H3,(H,20,21). The summed E-state index contributed by atoms with van der Waals surface area (Å²) in [5.41, 5.74) is 0.821. The largest absolute Gasteiger partial charge is 0.478 e. The van der Waals surface area contributed by atoms with Crippen molar-refractivity contribution in [3.05, 3.63) is 53.3 Å². The summed E-state index contributed by atoms with van der Waals surface area (Å²) in [6.45, 7) is 5.78. The molecular weight excluding hydrogens is 326 g/mol. The van der Waals surface area contributed by atoms with E-state index in [0.717, 1.165) is 4.90 Å². The highest BCUT2D eigenvalue weighted by Crippen LogP contribution is 2.32. The van der Waals surface area contributed by atoms with Crippen molar-refractivity contribution in [3.8, 4) is 0 Å². The topological polar surface area (TPSA) is 76.5 Å². The van der Waals surface area contributed by atoms with E-state index in [1.165, 1.54) is 18.9 Å². The third kappa shape index (κ3) is 4.14. The van der Waals surface area contributed by atoms with Gasteiger partial charge in [0.05, 0.1) is 23.9 Å². The van der Waals surface area contributed by atoms with Gasteiger partial charge in [0.1, 0.15) is 0 Å². The molecule has 5 nitrogen and oxygen atoms in total. The number of hydrogen-bond acceptors (Lipinski definition) is 5. The number of carboxylic acid groups (broad SMARTS) is 1. The zero-order valence-electron chi connectivity index (χ0n) is 14.0. The first-order valence-corrected chi connectivity index (χ1v) is 8.14. The fourth-order valence-electron chi connectivity index (χ4n) is 2.20. The first-order chi connectivity index (χ1) is 11.2. The number of ether oxygens (including phenoxy) is 1. The average Bonchev–Trinajstić information content (AvgIpc) is 2.53. The van der Waals surface area contributed by atoms with Gasteiger partial charge in [0.2, 0.25) is 0 Å². The fraction of sp³-hybridized carbons (Fsp3) is 0.278. The number of benzene rings is 1. The van der Waals surface area contributed by atoms with Crippen molar-refractivity contribution in [1.82, 2.24) is 4.98 Å². The summed E-state index contributed by atoms with van der Waals surface area (Å²) < 4.78 is 4.71. The molecule has 0 spiro atoms. The first kappa shape index (κ1) is 18.0. The van der Waals surface area contributed by atoms with Crippen LogP contribution in [0.3, 0.4) is 0 Å². The van der Waals surface area contributed by atoms with E-state index in [4.69, 9.17) is 4.74 Å². The van der Waals surface area contributed by atoms with Crippen LogP contribution in [0.1, 0.15) is 47.2 Å². The van der Waals surface area contributed by atoms with E-state index in [1.54, 1.807) is 30.5 Å². The molecule has 0 fully saturated rings. The Morgan fingerprint density at radius 2 is 1.88 bits per heavy atom.